The average molecular weight is 301 g/mol. The fourth-order valence-corrected chi connectivity index (χ4v) is 2.73. The Kier molecular flexibility index (Phi) is 5.19. The lowest BCUT2D eigenvalue weighted by atomic mass is 10.3. The van der Waals surface area contributed by atoms with Crippen LogP contribution in [0.15, 0.2) is 6.07 Å². The molecule has 0 saturated heterocycles. The number of ether oxygens (including phenoxy) is 1. The maximum atomic E-state index is 12.0. The monoisotopic (exact) mass is 301 g/mol. The van der Waals surface area contributed by atoms with Gasteiger partial charge in [0.05, 0.1) is 12.0 Å². The zero-order valence-corrected chi connectivity index (χ0v) is 12.3. The van der Waals surface area contributed by atoms with Gasteiger partial charge in [0, 0.05) is 17.8 Å². The fraction of sp³-hybridized carbons (Fsp3) is 0.538. The van der Waals surface area contributed by atoms with Gasteiger partial charge in [-0.2, -0.15) is 0 Å². The molecule has 2 heterocycles. The smallest absolute Gasteiger partial charge is 0.261 e. The number of nitrogens with one attached hydrogen (secondary N) is 1. The Morgan fingerprint density at radius 3 is 2.90 bits per heavy atom. The molecule has 0 aromatic carbocycles. The summed E-state index contributed by atoms with van der Waals surface area (Å²) in [5, 5.41) is 4.21. The Bertz CT molecular complexity index is 574. The van der Waals surface area contributed by atoms with E-state index in [9.17, 15) is 8.78 Å². The van der Waals surface area contributed by atoms with Gasteiger partial charge in [0.15, 0.2) is 0 Å². The van der Waals surface area contributed by atoms with Crippen molar-refractivity contribution < 1.29 is 13.5 Å². The van der Waals surface area contributed by atoms with Crippen molar-refractivity contribution in [3.05, 3.63) is 16.8 Å². The zero-order valence-electron chi connectivity index (χ0n) is 11.4. The molecule has 0 aliphatic carbocycles. The predicted molar refractivity (Wildman–Crippen MR) is 76.8 cm³/mol. The van der Waals surface area contributed by atoms with Gasteiger partial charge in [0.1, 0.15) is 23.1 Å². The Hall–Kier alpha value is -1.34. The molecule has 0 radical (unpaired) electrons. The summed E-state index contributed by atoms with van der Waals surface area (Å²) in [6, 6.07) is 2.05. The molecule has 2 aromatic heterocycles. The van der Waals surface area contributed by atoms with Crippen LogP contribution in [0.2, 0.25) is 0 Å². The minimum absolute atomic E-state index is 0.200. The molecule has 0 fully saturated rings. The molecule has 0 amide bonds. The van der Waals surface area contributed by atoms with Gasteiger partial charge >= 0.3 is 0 Å². The van der Waals surface area contributed by atoms with Crippen LogP contribution in [0.3, 0.4) is 0 Å². The number of nitrogens with zero attached hydrogens (tertiary/aromatic N) is 2. The highest BCUT2D eigenvalue weighted by molar-refractivity contribution is 7.18. The molecule has 0 spiro atoms. The first-order valence-electron chi connectivity index (χ1n) is 6.47. The molecule has 1 N–H and O–H groups in total. The number of hydrogen-bond acceptors (Lipinski definition) is 5. The second-order valence-electron chi connectivity index (χ2n) is 4.31. The van der Waals surface area contributed by atoms with E-state index in [1.165, 1.54) is 4.88 Å². The molecule has 4 nitrogen and oxygen atoms in total. The predicted octanol–water partition coefficient (Wildman–Crippen LogP) is 3.26. The average Bonchev–Trinajstić information content (AvgIpc) is 2.75. The Balaban J connectivity index is 2.12. The van der Waals surface area contributed by atoms with Crippen LogP contribution < -0.4 is 5.32 Å². The van der Waals surface area contributed by atoms with E-state index < -0.39 is 13.0 Å². The van der Waals surface area contributed by atoms with Crippen molar-refractivity contribution in [2.75, 3.05) is 25.1 Å². The quantitative estimate of drug-likeness (QED) is 0.797. The third-order valence-electron chi connectivity index (χ3n) is 2.62. The standard InChI is InChI=1S/C13H17F2N3OS/c1-3-16-12-9-6-8(2)20-13(9)18-11(17-12)4-5-19-7-10(14)15/h6,10H,3-5,7H2,1-2H3,(H,16,17,18). The molecule has 0 atom stereocenters. The van der Waals surface area contributed by atoms with Crippen LogP contribution in [0.5, 0.6) is 0 Å². The number of alkyl halides is 2. The lowest BCUT2D eigenvalue weighted by Gasteiger charge is -2.07. The summed E-state index contributed by atoms with van der Waals surface area (Å²) in [6.45, 7) is 4.45. The van der Waals surface area contributed by atoms with Gasteiger partial charge in [-0.3, -0.25) is 0 Å². The topological polar surface area (TPSA) is 47.0 Å². The largest absolute Gasteiger partial charge is 0.375 e. The molecule has 0 aliphatic rings. The highest BCUT2D eigenvalue weighted by Crippen LogP contribution is 2.28. The number of thiophene rings is 1. The summed E-state index contributed by atoms with van der Waals surface area (Å²) < 4.78 is 28.8. The number of anilines is 1. The van der Waals surface area contributed by atoms with Crippen molar-refractivity contribution in [1.82, 2.24) is 9.97 Å². The summed E-state index contributed by atoms with van der Waals surface area (Å²) in [4.78, 5) is 11.0. The molecule has 2 rings (SSSR count). The molecule has 20 heavy (non-hydrogen) atoms. The van der Waals surface area contributed by atoms with Crippen LogP contribution >= 0.6 is 11.3 Å². The number of hydrogen-bond donors (Lipinski definition) is 1. The maximum Gasteiger partial charge on any atom is 0.261 e. The number of fused-ring (bicyclic) bond motifs is 1. The van der Waals surface area contributed by atoms with Crippen LogP contribution in [-0.4, -0.2) is 36.2 Å². The zero-order chi connectivity index (χ0) is 14.5. The van der Waals surface area contributed by atoms with Crippen LogP contribution in [0, 0.1) is 6.92 Å². The summed E-state index contributed by atoms with van der Waals surface area (Å²) in [7, 11) is 0. The fourth-order valence-electron chi connectivity index (χ4n) is 1.84. The van der Waals surface area contributed by atoms with Crippen molar-refractivity contribution in [2.24, 2.45) is 0 Å². The lowest BCUT2D eigenvalue weighted by Crippen LogP contribution is -2.10. The Morgan fingerprint density at radius 1 is 1.40 bits per heavy atom. The molecule has 0 unspecified atom stereocenters. The van der Waals surface area contributed by atoms with E-state index in [0.29, 0.717) is 12.2 Å². The van der Waals surface area contributed by atoms with E-state index in [1.54, 1.807) is 11.3 Å². The Morgan fingerprint density at radius 2 is 2.20 bits per heavy atom. The minimum Gasteiger partial charge on any atom is -0.375 e. The molecule has 2 aromatic rings. The van der Waals surface area contributed by atoms with Crippen molar-refractivity contribution in [2.45, 2.75) is 26.7 Å². The van der Waals surface area contributed by atoms with Gasteiger partial charge in [0.25, 0.3) is 6.43 Å². The van der Waals surface area contributed by atoms with Gasteiger partial charge in [-0.25, -0.2) is 18.7 Å². The van der Waals surface area contributed by atoms with E-state index in [4.69, 9.17) is 4.74 Å². The highest BCUT2D eigenvalue weighted by Gasteiger charge is 2.10. The van der Waals surface area contributed by atoms with E-state index in [-0.39, 0.29) is 6.61 Å². The van der Waals surface area contributed by atoms with Gasteiger partial charge in [0.2, 0.25) is 0 Å². The summed E-state index contributed by atoms with van der Waals surface area (Å²) >= 11 is 1.60. The number of rotatable bonds is 7. The normalized spacial score (nSPS) is 11.4. The first-order valence-corrected chi connectivity index (χ1v) is 7.28. The van der Waals surface area contributed by atoms with Gasteiger partial charge in [-0.15, -0.1) is 11.3 Å². The van der Waals surface area contributed by atoms with Crippen LogP contribution in [-0.2, 0) is 11.2 Å². The van der Waals surface area contributed by atoms with Crippen molar-refractivity contribution in [3.63, 3.8) is 0 Å². The van der Waals surface area contributed by atoms with E-state index >= 15 is 0 Å². The maximum absolute atomic E-state index is 12.0. The summed E-state index contributed by atoms with van der Waals surface area (Å²) in [6.07, 6.45) is -2.01. The van der Waals surface area contributed by atoms with E-state index in [2.05, 4.69) is 21.4 Å². The summed E-state index contributed by atoms with van der Waals surface area (Å²) in [5.41, 5.74) is 0. The number of halogens is 2. The van der Waals surface area contributed by atoms with Gasteiger partial charge in [-0.1, -0.05) is 0 Å². The van der Waals surface area contributed by atoms with Crippen LogP contribution in [0.1, 0.15) is 17.6 Å². The molecular formula is C13H17F2N3OS. The minimum atomic E-state index is -2.43. The molecular weight excluding hydrogens is 284 g/mol. The van der Waals surface area contributed by atoms with Gasteiger partial charge < -0.3 is 10.1 Å². The Labute approximate surface area is 120 Å². The van der Waals surface area contributed by atoms with E-state index in [1.807, 2.05) is 13.8 Å². The van der Waals surface area contributed by atoms with Crippen LogP contribution in [0.25, 0.3) is 10.2 Å². The van der Waals surface area contributed by atoms with Crippen LogP contribution in [0.4, 0.5) is 14.6 Å². The van der Waals surface area contributed by atoms with Gasteiger partial charge in [-0.05, 0) is 19.9 Å². The lowest BCUT2D eigenvalue weighted by molar-refractivity contribution is 0.0183. The third-order valence-corrected chi connectivity index (χ3v) is 3.56. The molecule has 0 bridgehead atoms. The third kappa shape index (κ3) is 3.83. The van der Waals surface area contributed by atoms with Crippen molar-refractivity contribution >= 4 is 27.4 Å². The first kappa shape index (κ1) is 15.1. The molecule has 110 valence electrons. The van der Waals surface area contributed by atoms with Crippen molar-refractivity contribution in [1.29, 1.82) is 0 Å². The highest BCUT2D eigenvalue weighted by atomic mass is 32.1. The number of aromatic nitrogens is 2. The second-order valence-corrected chi connectivity index (χ2v) is 5.55. The van der Waals surface area contributed by atoms with Crippen molar-refractivity contribution in [3.8, 4) is 0 Å². The second kappa shape index (κ2) is 6.90. The number of aryl methyl sites for hydroxylation is 1. The summed E-state index contributed by atoms with van der Waals surface area (Å²) in [5.74, 6) is 1.41. The molecule has 0 aliphatic heterocycles. The SMILES string of the molecule is CCNc1nc(CCOCC(F)F)nc2sc(C)cc12. The molecule has 7 heteroatoms. The van der Waals surface area contributed by atoms with E-state index in [0.717, 1.165) is 22.6 Å². The molecule has 0 saturated carbocycles. The first-order chi connectivity index (χ1) is 9.60.